The number of hydrogen-bond acceptors (Lipinski definition) is 5. The number of para-hydroxylation sites is 1. The van der Waals surface area contributed by atoms with Crippen molar-refractivity contribution in [1.29, 1.82) is 0 Å². The molecule has 1 aromatic heterocycles. The SMILES string of the molecule is CNc1nc(NC2CN3CCC2CC3)c2ccccc2n1. The van der Waals surface area contributed by atoms with E-state index < -0.39 is 0 Å². The highest BCUT2D eigenvalue weighted by molar-refractivity contribution is 5.90. The first-order chi connectivity index (χ1) is 10.3. The lowest BCUT2D eigenvalue weighted by molar-refractivity contribution is 0.0974. The molecule has 0 aliphatic carbocycles. The van der Waals surface area contributed by atoms with Gasteiger partial charge < -0.3 is 15.5 Å². The Kier molecular flexibility index (Phi) is 3.15. The molecule has 5 nitrogen and oxygen atoms in total. The van der Waals surface area contributed by atoms with Crippen molar-refractivity contribution in [2.45, 2.75) is 18.9 Å². The van der Waals surface area contributed by atoms with E-state index in [1.165, 1.54) is 25.9 Å². The molecule has 0 spiro atoms. The van der Waals surface area contributed by atoms with Gasteiger partial charge in [-0.05, 0) is 44.0 Å². The second-order valence-corrected chi connectivity index (χ2v) is 6.05. The van der Waals surface area contributed by atoms with Gasteiger partial charge >= 0.3 is 0 Å². The summed E-state index contributed by atoms with van der Waals surface area (Å²) in [4.78, 5) is 11.7. The molecule has 0 radical (unpaired) electrons. The van der Waals surface area contributed by atoms with E-state index in [9.17, 15) is 0 Å². The summed E-state index contributed by atoms with van der Waals surface area (Å²) in [6.45, 7) is 3.65. The molecule has 3 fully saturated rings. The van der Waals surface area contributed by atoms with Gasteiger partial charge in [0.1, 0.15) is 5.82 Å². The summed E-state index contributed by atoms with van der Waals surface area (Å²) in [5, 5.41) is 7.86. The van der Waals surface area contributed by atoms with Crippen molar-refractivity contribution in [3.63, 3.8) is 0 Å². The fraction of sp³-hybridized carbons (Fsp3) is 0.500. The monoisotopic (exact) mass is 283 g/mol. The summed E-state index contributed by atoms with van der Waals surface area (Å²) < 4.78 is 0. The lowest BCUT2D eigenvalue weighted by atomic mass is 9.84. The lowest BCUT2D eigenvalue weighted by Gasteiger charge is -2.45. The zero-order valence-electron chi connectivity index (χ0n) is 12.3. The molecule has 2 aromatic rings. The Labute approximate surface area is 124 Å². The van der Waals surface area contributed by atoms with E-state index in [4.69, 9.17) is 0 Å². The van der Waals surface area contributed by atoms with E-state index in [-0.39, 0.29) is 0 Å². The Morgan fingerprint density at radius 2 is 1.95 bits per heavy atom. The average Bonchev–Trinajstić information content (AvgIpc) is 2.56. The first kappa shape index (κ1) is 12.8. The molecule has 1 atom stereocenters. The van der Waals surface area contributed by atoms with Gasteiger partial charge in [0, 0.05) is 25.0 Å². The molecule has 4 heterocycles. The minimum Gasteiger partial charge on any atom is -0.365 e. The van der Waals surface area contributed by atoms with Crippen LogP contribution in [0.25, 0.3) is 10.9 Å². The standard InChI is InChI=1S/C16H21N5/c1-17-16-19-13-5-3-2-4-12(13)15(20-16)18-14-10-21-8-6-11(14)7-9-21/h2-5,11,14H,6-10H2,1H3,(H2,17,18,19,20). The predicted molar refractivity (Wildman–Crippen MR) is 85.7 cm³/mol. The molecule has 3 aliphatic rings. The van der Waals surface area contributed by atoms with Crippen molar-refractivity contribution in [1.82, 2.24) is 14.9 Å². The first-order valence-corrected chi connectivity index (χ1v) is 7.77. The third kappa shape index (κ3) is 2.31. The number of piperidine rings is 3. The summed E-state index contributed by atoms with van der Waals surface area (Å²) in [5.74, 6) is 2.42. The fourth-order valence-corrected chi connectivity index (χ4v) is 3.60. The van der Waals surface area contributed by atoms with Crippen molar-refractivity contribution >= 4 is 22.7 Å². The maximum absolute atomic E-state index is 4.65. The van der Waals surface area contributed by atoms with Crippen LogP contribution in [0.3, 0.4) is 0 Å². The Balaban J connectivity index is 1.69. The number of aromatic nitrogens is 2. The van der Waals surface area contributed by atoms with Gasteiger partial charge in [-0.2, -0.15) is 4.98 Å². The summed E-state index contributed by atoms with van der Waals surface area (Å²) in [5.41, 5.74) is 0.987. The highest BCUT2D eigenvalue weighted by Crippen LogP contribution is 2.31. The molecule has 0 amide bonds. The van der Waals surface area contributed by atoms with Crippen LogP contribution in [0, 0.1) is 5.92 Å². The van der Waals surface area contributed by atoms with Crippen LogP contribution in [-0.2, 0) is 0 Å². The van der Waals surface area contributed by atoms with Crippen molar-refractivity contribution < 1.29 is 0 Å². The third-order valence-corrected chi connectivity index (χ3v) is 4.81. The second kappa shape index (κ2) is 5.15. The summed E-state index contributed by atoms with van der Waals surface area (Å²) in [6.07, 6.45) is 2.61. The van der Waals surface area contributed by atoms with E-state index in [2.05, 4.69) is 31.6 Å². The summed E-state index contributed by atoms with van der Waals surface area (Å²) in [6, 6.07) is 8.72. The number of fused-ring (bicyclic) bond motifs is 4. The molecule has 2 bridgehead atoms. The van der Waals surface area contributed by atoms with Crippen LogP contribution in [0.2, 0.25) is 0 Å². The van der Waals surface area contributed by atoms with Crippen LogP contribution >= 0.6 is 0 Å². The number of nitrogens with one attached hydrogen (secondary N) is 2. The van der Waals surface area contributed by atoms with Gasteiger partial charge in [-0.15, -0.1) is 0 Å². The van der Waals surface area contributed by atoms with Crippen molar-refractivity contribution in [2.24, 2.45) is 5.92 Å². The van der Waals surface area contributed by atoms with E-state index in [1.807, 2.05) is 25.2 Å². The summed E-state index contributed by atoms with van der Waals surface area (Å²) >= 11 is 0. The van der Waals surface area contributed by atoms with Crippen molar-refractivity contribution in [2.75, 3.05) is 37.3 Å². The predicted octanol–water partition coefficient (Wildman–Crippen LogP) is 2.18. The Hall–Kier alpha value is -1.88. The number of nitrogens with zero attached hydrogens (tertiary/aromatic N) is 3. The quantitative estimate of drug-likeness (QED) is 0.904. The highest BCUT2D eigenvalue weighted by Gasteiger charge is 2.34. The zero-order chi connectivity index (χ0) is 14.2. The van der Waals surface area contributed by atoms with Gasteiger partial charge in [0.25, 0.3) is 0 Å². The van der Waals surface area contributed by atoms with E-state index >= 15 is 0 Å². The molecule has 1 unspecified atom stereocenters. The molecule has 2 N–H and O–H groups in total. The molecule has 110 valence electrons. The van der Waals surface area contributed by atoms with Gasteiger partial charge in [0.15, 0.2) is 0 Å². The van der Waals surface area contributed by atoms with E-state index in [0.717, 1.165) is 29.2 Å². The average molecular weight is 283 g/mol. The molecule has 21 heavy (non-hydrogen) atoms. The molecule has 0 saturated carbocycles. The zero-order valence-corrected chi connectivity index (χ0v) is 12.3. The minimum atomic E-state index is 0.510. The number of benzene rings is 1. The van der Waals surface area contributed by atoms with Crippen LogP contribution in [0.5, 0.6) is 0 Å². The smallest absolute Gasteiger partial charge is 0.224 e. The minimum absolute atomic E-state index is 0.510. The molecule has 3 saturated heterocycles. The Bertz CT molecular complexity index is 648. The van der Waals surface area contributed by atoms with Gasteiger partial charge in [0.05, 0.1) is 5.52 Å². The molecular weight excluding hydrogens is 262 g/mol. The molecular formula is C16H21N5. The normalized spacial score (nSPS) is 27.8. The lowest BCUT2D eigenvalue weighted by Crippen LogP contribution is -2.53. The highest BCUT2D eigenvalue weighted by atomic mass is 15.2. The van der Waals surface area contributed by atoms with Crippen LogP contribution in [0.15, 0.2) is 24.3 Å². The van der Waals surface area contributed by atoms with Gasteiger partial charge in [-0.1, -0.05) is 12.1 Å². The number of hydrogen-bond donors (Lipinski definition) is 2. The topological polar surface area (TPSA) is 53.1 Å². The van der Waals surface area contributed by atoms with Gasteiger partial charge in [-0.3, -0.25) is 0 Å². The van der Waals surface area contributed by atoms with Crippen molar-refractivity contribution in [3.8, 4) is 0 Å². The molecule has 1 aromatic carbocycles. The number of rotatable bonds is 3. The van der Waals surface area contributed by atoms with Crippen molar-refractivity contribution in [3.05, 3.63) is 24.3 Å². The molecule has 5 heteroatoms. The van der Waals surface area contributed by atoms with Crippen LogP contribution in [0.1, 0.15) is 12.8 Å². The van der Waals surface area contributed by atoms with Crippen LogP contribution < -0.4 is 10.6 Å². The summed E-state index contributed by atoms with van der Waals surface area (Å²) in [7, 11) is 1.86. The molecule has 5 rings (SSSR count). The third-order valence-electron chi connectivity index (χ3n) is 4.81. The van der Waals surface area contributed by atoms with Crippen LogP contribution in [-0.4, -0.2) is 47.6 Å². The number of anilines is 2. The van der Waals surface area contributed by atoms with E-state index in [0.29, 0.717) is 12.0 Å². The Morgan fingerprint density at radius 3 is 2.67 bits per heavy atom. The van der Waals surface area contributed by atoms with Crippen LogP contribution in [0.4, 0.5) is 11.8 Å². The Morgan fingerprint density at radius 1 is 1.14 bits per heavy atom. The van der Waals surface area contributed by atoms with Gasteiger partial charge in [-0.25, -0.2) is 4.98 Å². The second-order valence-electron chi connectivity index (χ2n) is 6.05. The molecule has 3 aliphatic heterocycles. The van der Waals surface area contributed by atoms with Gasteiger partial charge in [0.2, 0.25) is 5.95 Å². The first-order valence-electron chi connectivity index (χ1n) is 7.77. The van der Waals surface area contributed by atoms with E-state index in [1.54, 1.807) is 0 Å². The fourth-order valence-electron chi connectivity index (χ4n) is 3.60. The maximum atomic E-state index is 4.65. The largest absolute Gasteiger partial charge is 0.365 e. The maximum Gasteiger partial charge on any atom is 0.224 e.